The zero-order chi connectivity index (χ0) is 40.1. The summed E-state index contributed by atoms with van der Waals surface area (Å²) in [6.07, 6.45) is 0.735. The SMILES string of the molecule is CC[C@@H]1OC(=O)[C@H](C)C(=O)[C@H](C)[C@H](O[C@@H]2O[C@H](C)C[C@H](N(C)C)[C@H]2O)[C@@](C)(OC)C[C@@H](C)NC(=O)C(C)[C@H]2N(NCCCc3ccncc3)C(=O)O[C@]12C. The molecule has 0 aliphatic carbocycles. The van der Waals surface area contributed by atoms with Gasteiger partial charge in [-0.3, -0.25) is 19.4 Å². The first kappa shape index (κ1) is 43.5. The molecule has 0 radical (unpaired) electrons. The summed E-state index contributed by atoms with van der Waals surface area (Å²) in [5, 5.41) is 15.8. The summed E-state index contributed by atoms with van der Waals surface area (Å²) in [7, 11) is 5.24. The number of esters is 1. The van der Waals surface area contributed by atoms with E-state index in [1.807, 2.05) is 45.0 Å². The first-order valence-electron chi connectivity index (χ1n) is 19.3. The normalized spacial score (nSPS) is 38.6. The van der Waals surface area contributed by atoms with Gasteiger partial charge in [0.25, 0.3) is 0 Å². The molecule has 1 unspecified atom stereocenters. The highest BCUT2D eigenvalue weighted by Crippen LogP contribution is 2.40. The predicted molar refractivity (Wildman–Crippen MR) is 199 cm³/mol. The number of hydrogen-bond donors (Lipinski definition) is 3. The molecule has 15 heteroatoms. The maximum absolute atomic E-state index is 14.3. The number of aromatic nitrogens is 1. The lowest BCUT2D eigenvalue weighted by Crippen LogP contribution is -2.61. The van der Waals surface area contributed by atoms with Gasteiger partial charge >= 0.3 is 12.1 Å². The van der Waals surface area contributed by atoms with E-state index < -0.39 is 83.5 Å². The number of nitrogens with one attached hydrogen (secondary N) is 2. The lowest BCUT2D eigenvalue weighted by atomic mass is 9.79. The Morgan fingerprint density at radius 1 is 1.07 bits per heavy atom. The van der Waals surface area contributed by atoms with E-state index >= 15 is 0 Å². The van der Waals surface area contributed by atoms with Crippen LogP contribution in [0.3, 0.4) is 0 Å². The highest BCUT2D eigenvalue weighted by atomic mass is 16.7. The van der Waals surface area contributed by atoms with Gasteiger partial charge in [0.2, 0.25) is 5.91 Å². The van der Waals surface area contributed by atoms with Crippen LogP contribution in [0.25, 0.3) is 0 Å². The van der Waals surface area contributed by atoms with Crippen LogP contribution in [0.4, 0.5) is 4.79 Å². The number of pyridine rings is 1. The lowest BCUT2D eigenvalue weighted by Gasteiger charge is -2.46. The van der Waals surface area contributed by atoms with Crippen molar-refractivity contribution in [1.82, 2.24) is 25.6 Å². The molecule has 3 aliphatic heterocycles. The maximum Gasteiger partial charge on any atom is 0.425 e. The number of likely N-dealkylation sites (N-methyl/N-ethyl adjacent to an activating group) is 1. The summed E-state index contributed by atoms with van der Waals surface area (Å²) in [4.78, 5) is 61.9. The van der Waals surface area contributed by atoms with Crippen molar-refractivity contribution in [2.75, 3.05) is 27.7 Å². The second kappa shape index (κ2) is 18.2. The second-order valence-corrected chi connectivity index (χ2v) is 16.0. The molecule has 4 rings (SSSR count). The minimum absolute atomic E-state index is 0.185. The predicted octanol–water partition coefficient (Wildman–Crippen LogP) is 3.02. The molecule has 3 N–H and O–H groups in total. The third-order valence-corrected chi connectivity index (χ3v) is 11.6. The number of ether oxygens (including phenoxy) is 5. The molecule has 15 nitrogen and oxygen atoms in total. The maximum atomic E-state index is 14.3. The minimum Gasteiger partial charge on any atom is -0.458 e. The number of carbonyl (C=O) groups excluding carboxylic acids is 4. The molecule has 13 atom stereocenters. The smallest absolute Gasteiger partial charge is 0.425 e. The van der Waals surface area contributed by atoms with Crippen molar-refractivity contribution in [1.29, 1.82) is 0 Å². The molecule has 2 amide bonds. The van der Waals surface area contributed by atoms with E-state index in [-0.39, 0.29) is 30.9 Å². The Balaban J connectivity index is 1.69. The zero-order valence-electron chi connectivity index (χ0n) is 33.9. The number of nitrogens with zero attached hydrogens (tertiary/aromatic N) is 3. The molecule has 1 aromatic rings. The monoisotopic (exact) mass is 761 g/mol. The highest BCUT2D eigenvalue weighted by Gasteiger charge is 2.60. The third-order valence-electron chi connectivity index (χ3n) is 11.6. The third kappa shape index (κ3) is 9.42. The van der Waals surface area contributed by atoms with Gasteiger partial charge in [0.05, 0.1) is 23.7 Å². The number of hydrogen-bond acceptors (Lipinski definition) is 13. The summed E-state index contributed by atoms with van der Waals surface area (Å²) in [6, 6.07) is 2.17. The molecular weight excluding hydrogens is 698 g/mol. The number of aliphatic hydroxyl groups excluding tert-OH is 1. The Hall–Kier alpha value is -3.21. The number of carbonyl (C=O) groups is 4. The van der Waals surface area contributed by atoms with Crippen LogP contribution in [-0.2, 0) is 44.5 Å². The largest absolute Gasteiger partial charge is 0.458 e. The topological polar surface area (TPSA) is 178 Å². The van der Waals surface area contributed by atoms with Gasteiger partial charge in [-0.05, 0) is 98.5 Å². The average molecular weight is 762 g/mol. The summed E-state index contributed by atoms with van der Waals surface area (Å²) < 4.78 is 30.9. The first-order chi connectivity index (χ1) is 25.4. The molecule has 0 bridgehead atoms. The average Bonchev–Trinajstić information content (AvgIpc) is 3.39. The number of methoxy groups -OCH3 is 1. The Morgan fingerprint density at radius 2 is 1.74 bits per heavy atom. The van der Waals surface area contributed by atoms with Gasteiger partial charge in [-0.1, -0.05) is 20.8 Å². The molecule has 0 spiro atoms. The number of aliphatic hydroxyl groups is 1. The molecule has 4 heterocycles. The lowest BCUT2D eigenvalue weighted by molar-refractivity contribution is -0.295. The van der Waals surface area contributed by atoms with Crippen molar-refractivity contribution < 1.29 is 48.0 Å². The number of cyclic esters (lactones) is 1. The number of fused-ring (bicyclic) bond motifs is 1. The van der Waals surface area contributed by atoms with Crippen LogP contribution in [0.15, 0.2) is 24.5 Å². The van der Waals surface area contributed by atoms with Gasteiger partial charge < -0.3 is 39.0 Å². The zero-order valence-corrected chi connectivity index (χ0v) is 33.9. The number of rotatable bonds is 10. The fourth-order valence-electron chi connectivity index (χ4n) is 8.44. The Bertz CT molecular complexity index is 1450. The van der Waals surface area contributed by atoms with Crippen molar-refractivity contribution in [3.8, 4) is 0 Å². The molecule has 1 aromatic heterocycles. The molecule has 3 fully saturated rings. The number of ketones is 1. The number of amides is 2. The van der Waals surface area contributed by atoms with Gasteiger partial charge in [-0.15, -0.1) is 0 Å². The van der Waals surface area contributed by atoms with Crippen molar-refractivity contribution in [2.24, 2.45) is 17.8 Å². The minimum atomic E-state index is -1.46. The van der Waals surface area contributed by atoms with Crippen molar-refractivity contribution in [2.45, 2.75) is 148 Å². The van der Waals surface area contributed by atoms with Gasteiger partial charge in [-0.2, -0.15) is 0 Å². The van der Waals surface area contributed by atoms with Crippen LogP contribution in [-0.4, -0.2) is 132 Å². The first-order valence-corrected chi connectivity index (χ1v) is 19.3. The van der Waals surface area contributed by atoms with Crippen LogP contribution in [0.2, 0.25) is 0 Å². The van der Waals surface area contributed by atoms with Crippen LogP contribution in [0.1, 0.15) is 86.6 Å². The highest BCUT2D eigenvalue weighted by molar-refractivity contribution is 6.00. The van der Waals surface area contributed by atoms with Gasteiger partial charge in [0.1, 0.15) is 24.2 Å². The molecule has 0 saturated carbocycles. The fraction of sp³-hybridized carbons (Fsp3) is 0.769. The van der Waals surface area contributed by atoms with E-state index in [0.29, 0.717) is 19.4 Å². The molecule has 304 valence electrons. The van der Waals surface area contributed by atoms with Gasteiger partial charge in [0.15, 0.2) is 17.7 Å². The Kier molecular flexibility index (Phi) is 14.6. The van der Waals surface area contributed by atoms with Crippen molar-refractivity contribution in [3.63, 3.8) is 0 Å². The van der Waals surface area contributed by atoms with Crippen LogP contribution in [0.5, 0.6) is 0 Å². The van der Waals surface area contributed by atoms with Crippen LogP contribution < -0.4 is 10.7 Å². The van der Waals surface area contributed by atoms with E-state index in [1.165, 1.54) is 19.0 Å². The summed E-state index contributed by atoms with van der Waals surface area (Å²) in [6.45, 7) is 14.2. The van der Waals surface area contributed by atoms with E-state index in [4.69, 9.17) is 23.7 Å². The molecule has 3 aliphatic rings. The number of hydrazine groups is 1. The van der Waals surface area contributed by atoms with Crippen molar-refractivity contribution >= 4 is 23.8 Å². The summed E-state index contributed by atoms with van der Waals surface area (Å²) in [5.74, 6) is -4.66. The number of Topliss-reactive ketones (excluding diaryl/α,β-unsaturated/α-hetero) is 1. The second-order valence-electron chi connectivity index (χ2n) is 16.0. The Labute approximate surface area is 320 Å². The molecular formula is C39H63N5O10. The van der Waals surface area contributed by atoms with Crippen molar-refractivity contribution in [3.05, 3.63) is 30.1 Å². The summed E-state index contributed by atoms with van der Waals surface area (Å²) in [5.41, 5.74) is 1.60. The standard InChI is InChI=1S/C39H63N5O10/c1-12-29-39(8)32(44(37(49)54-39)41-17-13-14-27-15-18-40-19-16-27)26(6)34(47)42-22(2)21-38(7,50-11)33(24(4)30(45)25(5)35(48)52-29)53-36-31(46)28(43(9)10)20-23(3)51-36/h15-16,18-19,22-26,28-29,31-33,36,41,46H,12-14,17,20-21H2,1-11H3,(H,42,47)/t22-,23-,24+,25-,26?,28+,29+,31-,32-,33+,36+,38+,39-/m1/s1. The summed E-state index contributed by atoms with van der Waals surface area (Å²) >= 11 is 0. The van der Waals surface area contributed by atoms with Crippen LogP contribution >= 0.6 is 0 Å². The Morgan fingerprint density at radius 3 is 2.35 bits per heavy atom. The van der Waals surface area contributed by atoms with Gasteiger partial charge in [-0.25, -0.2) is 15.2 Å². The van der Waals surface area contributed by atoms with E-state index in [2.05, 4.69) is 15.7 Å². The van der Waals surface area contributed by atoms with E-state index in [9.17, 15) is 24.3 Å². The quantitative estimate of drug-likeness (QED) is 0.180. The van der Waals surface area contributed by atoms with E-state index in [0.717, 1.165) is 12.0 Å². The van der Waals surface area contributed by atoms with Gasteiger partial charge in [0, 0.05) is 44.0 Å². The number of aryl methyl sites for hydroxylation is 1. The fourth-order valence-corrected chi connectivity index (χ4v) is 8.44. The molecule has 54 heavy (non-hydrogen) atoms. The van der Waals surface area contributed by atoms with Crippen LogP contribution in [0, 0.1) is 17.8 Å². The molecule has 0 aromatic carbocycles. The van der Waals surface area contributed by atoms with E-state index in [1.54, 1.807) is 47.0 Å². The molecule has 3 saturated heterocycles.